The van der Waals surface area contributed by atoms with E-state index >= 15 is 0 Å². The maximum Gasteiger partial charge on any atom is 0.508 e. The summed E-state index contributed by atoms with van der Waals surface area (Å²) in [5.74, 6) is -0.520. The fourth-order valence-electron chi connectivity index (χ4n) is 2.23. The van der Waals surface area contributed by atoms with Gasteiger partial charge in [-0.15, -0.1) is 4.90 Å². The number of ether oxygens (including phenoxy) is 2. The van der Waals surface area contributed by atoms with E-state index in [0.717, 1.165) is 11.8 Å². The first-order chi connectivity index (χ1) is 10.6. The molecule has 1 fully saturated rings. The fourth-order valence-corrected chi connectivity index (χ4v) is 3.38. The van der Waals surface area contributed by atoms with Crippen molar-refractivity contribution in [2.75, 3.05) is 13.7 Å². The molecule has 130 valence electrons. The van der Waals surface area contributed by atoms with Crippen LogP contribution in [0.5, 0.6) is 0 Å². The smallest absolute Gasteiger partial charge is 0.425 e. The summed E-state index contributed by atoms with van der Waals surface area (Å²) in [4.78, 5) is 13.3. The molecular weight excluding hydrogens is 324 g/mol. The SMILES string of the molecule is CN(C(=O)OC(C)(C)C)C1=[N+]=CC2C(OC(CO)C(O)C2O)S1. The first kappa shape index (κ1) is 18.3. The first-order valence-corrected chi connectivity index (χ1v) is 8.19. The highest BCUT2D eigenvalue weighted by Crippen LogP contribution is 2.34. The maximum atomic E-state index is 12.1. The second-order valence-corrected chi connectivity index (χ2v) is 7.57. The van der Waals surface area contributed by atoms with E-state index in [4.69, 9.17) is 9.47 Å². The van der Waals surface area contributed by atoms with Crippen molar-refractivity contribution in [2.24, 2.45) is 5.92 Å². The van der Waals surface area contributed by atoms with Crippen molar-refractivity contribution in [3.8, 4) is 0 Å². The second kappa shape index (κ2) is 6.80. The van der Waals surface area contributed by atoms with Gasteiger partial charge in [0.2, 0.25) is 0 Å². The van der Waals surface area contributed by atoms with Crippen LogP contribution in [-0.2, 0) is 9.47 Å². The predicted molar refractivity (Wildman–Crippen MR) is 86.0 cm³/mol. The lowest BCUT2D eigenvalue weighted by atomic mass is 9.93. The normalized spacial score (nSPS) is 33.7. The number of thioether (sulfide) groups is 1. The van der Waals surface area contributed by atoms with Crippen LogP contribution < -0.4 is 4.67 Å². The van der Waals surface area contributed by atoms with E-state index in [1.54, 1.807) is 20.8 Å². The van der Waals surface area contributed by atoms with Gasteiger partial charge in [0.05, 0.1) is 25.7 Å². The molecule has 0 bridgehead atoms. The zero-order valence-electron chi connectivity index (χ0n) is 13.5. The third-order valence-electron chi connectivity index (χ3n) is 3.46. The number of aliphatic hydroxyl groups is 3. The van der Waals surface area contributed by atoms with E-state index in [0.29, 0.717) is 5.17 Å². The summed E-state index contributed by atoms with van der Waals surface area (Å²) in [6.07, 6.45) is -2.24. The van der Waals surface area contributed by atoms with E-state index in [1.807, 2.05) is 0 Å². The van der Waals surface area contributed by atoms with Gasteiger partial charge in [-0.05, 0) is 20.8 Å². The molecule has 1 amide bonds. The highest BCUT2D eigenvalue weighted by Gasteiger charge is 2.49. The quantitative estimate of drug-likeness (QED) is 0.529. The Hall–Kier alpha value is -1.09. The Balaban J connectivity index is 2.14. The number of amides is 1. The van der Waals surface area contributed by atoms with E-state index in [9.17, 15) is 20.1 Å². The van der Waals surface area contributed by atoms with Crippen LogP contribution in [0.2, 0.25) is 0 Å². The summed E-state index contributed by atoms with van der Waals surface area (Å²) >= 11 is 1.14. The van der Waals surface area contributed by atoms with Crippen LogP contribution in [0.25, 0.3) is 0 Å². The monoisotopic (exact) mass is 347 g/mol. The van der Waals surface area contributed by atoms with Crippen molar-refractivity contribution in [1.82, 2.24) is 9.57 Å². The van der Waals surface area contributed by atoms with Gasteiger partial charge in [-0.1, -0.05) is 0 Å². The largest absolute Gasteiger partial charge is 0.508 e. The summed E-state index contributed by atoms with van der Waals surface area (Å²) in [7, 11) is 1.53. The average molecular weight is 347 g/mol. The van der Waals surface area contributed by atoms with E-state index in [2.05, 4.69) is 4.67 Å². The van der Waals surface area contributed by atoms with Crippen molar-refractivity contribution in [3.63, 3.8) is 0 Å². The lowest BCUT2D eigenvalue weighted by Crippen LogP contribution is -2.57. The molecule has 0 radical (unpaired) electrons. The van der Waals surface area contributed by atoms with Gasteiger partial charge < -0.3 is 24.8 Å². The van der Waals surface area contributed by atoms with Crippen molar-refractivity contribution >= 4 is 29.2 Å². The summed E-state index contributed by atoms with van der Waals surface area (Å²) in [6, 6.07) is 0. The molecule has 9 heteroatoms. The van der Waals surface area contributed by atoms with Crippen LogP contribution in [0.4, 0.5) is 4.79 Å². The molecule has 0 aliphatic carbocycles. The molecule has 0 aromatic heterocycles. The third-order valence-corrected chi connectivity index (χ3v) is 4.71. The summed E-state index contributed by atoms with van der Waals surface area (Å²) in [6.45, 7) is 4.90. The minimum Gasteiger partial charge on any atom is -0.425 e. The standard InChI is InChI=1S/C14H23N2O6S/c1-14(2,3)22-13(20)16(4)12-15-5-7-9(18)10(19)8(6-17)21-11(7)23-12/h5,7-11,17-19H,6H2,1-4H3/q+1. The van der Waals surface area contributed by atoms with Gasteiger partial charge in [-0.25, -0.2) is 4.67 Å². The molecule has 2 aliphatic rings. The number of aliphatic hydroxyl groups excluding tert-OH is 3. The predicted octanol–water partition coefficient (Wildman–Crippen LogP) is -0.851. The number of rotatable bonds is 1. The minimum atomic E-state index is -1.18. The molecule has 0 aromatic carbocycles. The van der Waals surface area contributed by atoms with Crippen molar-refractivity contribution in [1.29, 1.82) is 0 Å². The van der Waals surface area contributed by atoms with Crippen LogP contribution >= 0.6 is 11.8 Å². The maximum absolute atomic E-state index is 12.1. The Kier molecular flexibility index (Phi) is 5.40. The van der Waals surface area contributed by atoms with Crippen molar-refractivity contribution < 1.29 is 29.6 Å². The van der Waals surface area contributed by atoms with Gasteiger partial charge in [0.1, 0.15) is 23.2 Å². The molecule has 1 saturated heterocycles. The molecule has 0 aromatic rings. The van der Waals surface area contributed by atoms with Crippen LogP contribution in [0.15, 0.2) is 0 Å². The highest BCUT2D eigenvalue weighted by molar-refractivity contribution is 8.14. The zero-order valence-corrected chi connectivity index (χ0v) is 14.4. The lowest BCUT2D eigenvalue weighted by molar-refractivity contribution is -0.170. The number of hydrogen-bond acceptors (Lipinski definition) is 7. The van der Waals surface area contributed by atoms with Gasteiger partial charge in [-0.2, -0.15) is 4.79 Å². The molecule has 23 heavy (non-hydrogen) atoms. The van der Waals surface area contributed by atoms with E-state index in [-0.39, 0.29) is 0 Å². The number of fused-ring (bicyclic) bond motifs is 1. The molecule has 3 N–H and O–H groups in total. The van der Waals surface area contributed by atoms with Crippen molar-refractivity contribution in [2.45, 2.75) is 50.1 Å². The topological polar surface area (TPSA) is 114 Å². The Labute approximate surface area is 138 Å². The van der Waals surface area contributed by atoms with Crippen LogP contribution in [0.1, 0.15) is 20.8 Å². The van der Waals surface area contributed by atoms with Gasteiger partial charge >= 0.3 is 11.3 Å². The lowest BCUT2D eigenvalue weighted by Gasteiger charge is -2.39. The van der Waals surface area contributed by atoms with Crippen LogP contribution in [0, 0.1) is 5.92 Å². The molecule has 8 nitrogen and oxygen atoms in total. The number of hydrogen-bond donors (Lipinski definition) is 3. The summed E-state index contributed by atoms with van der Waals surface area (Å²) in [5.41, 5.74) is -1.18. The molecular formula is C14H23N2O6S+. The Morgan fingerprint density at radius 1 is 1.43 bits per heavy atom. The van der Waals surface area contributed by atoms with Gasteiger partial charge in [-0.3, -0.25) is 0 Å². The average Bonchev–Trinajstić information content (AvgIpc) is 2.47. The first-order valence-electron chi connectivity index (χ1n) is 7.31. The molecule has 5 atom stereocenters. The fraction of sp³-hybridized carbons (Fsp3) is 0.786. The molecule has 2 heterocycles. The molecule has 0 saturated carbocycles. The summed E-state index contributed by atoms with van der Waals surface area (Å²) < 4.78 is 15.0. The number of amidine groups is 1. The van der Waals surface area contributed by atoms with E-state index < -0.39 is 48.0 Å². The van der Waals surface area contributed by atoms with Crippen molar-refractivity contribution in [3.05, 3.63) is 0 Å². The number of carbonyl (C=O) groups excluding carboxylic acids is 1. The summed E-state index contributed by atoms with van der Waals surface area (Å²) in [5, 5.41) is 29.6. The number of nitrogens with zero attached hydrogens (tertiary/aromatic N) is 2. The van der Waals surface area contributed by atoms with Gasteiger partial charge in [0, 0.05) is 11.8 Å². The second-order valence-electron chi connectivity index (χ2n) is 6.50. The Morgan fingerprint density at radius 3 is 2.65 bits per heavy atom. The third kappa shape index (κ3) is 4.06. The Morgan fingerprint density at radius 2 is 2.09 bits per heavy atom. The molecule has 5 unspecified atom stereocenters. The molecule has 2 aliphatic heterocycles. The zero-order chi connectivity index (χ0) is 17.4. The Bertz CT molecular complexity index is 528. The van der Waals surface area contributed by atoms with Crippen LogP contribution in [0.3, 0.4) is 0 Å². The van der Waals surface area contributed by atoms with E-state index in [1.165, 1.54) is 18.2 Å². The highest BCUT2D eigenvalue weighted by atomic mass is 32.2. The van der Waals surface area contributed by atoms with Gasteiger partial charge in [0.15, 0.2) is 6.21 Å². The minimum absolute atomic E-state index is 0.362. The number of carbonyl (C=O) groups is 1. The molecule has 0 spiro atoms. The van der Waals surface area contributed by atoms with Crippen LogP contribution in [-0.4, -0.2) is 80.7 Å². The van der Waals surface area contributed by atoms with Gasteiger partial charge in [0.25, 0.3) is 0 Å². The molecule has 2 rings (SSSR count).